The maximum absolute atomic E-state index is 11.5. The third-order valence-corrected chi connectivity index (χ3v) is 12.4. The molecule has 0 bridgehead atoms. The van der Waals surface area contributed by atoms with E-state index in [0.29, 0.717) is 0 Å². The van der Waals surface area contributed by atoms with Crippen LogP contribution in [0.2, 0.25) is 0 Å². The highest BCUT2D eigenvalue weighted by molar-refractivity contribution is 4.99. The van der Waals surface area contributed by atoms with Gasteiger partial charge in [0.2, 0.25) is 0 Å². The summed E-state index contributed by atoms with van der Waals surface area (Å²) in [7, 11) is 0. The summed E-state index contributed by atoms with van der Waals surface area (Å²) in [6.07, 6.45) is -57.8. The molecule has 6 saturated heterocycles. The molecule has 67 heavy (non-hydrogen) atoms. The van der Waals surface area contributed by atoms with E-state index in [2.05, 4.69) is 0 Å². The molecule has 20 N–H and O–H groups in total. The van der Waals surface area contributed by atoms with Crippen molar-refractivity contribution in [1.82, 2.24) is 0 Å². The summed E-state index contributed by atoms with van der Waals surface area (Å²) in [4.78, 5) is 0. The Morgan fingerprint density at radius 2 is 0.522 bits per heavy atom. The van der Waals surface area contributed by atoms with Crippen molar-refractivity contribution in [3.05, 3.63) is 0 Å². The maximum atomic E-state index is 11.5. The Morgan fingerprint density at radius 3 is 0.896 bits per heavy atom. The van der Waals surface area contributed by atoms with Crippen molar-refractivity contribution in [3.8, 4) is 0 Å². The van der Waals surface area contributed by atoms with E-state index in [1.54, 1.807) is 0 Å². The zero-order valence-electron chi connectivity index (χ0n) is 35.0. The number of aliphatic hydroxyl groups excluding tert-OH is 20. The van der Waals surface area contributed by atoms with Crippen LogP contribution in [0.5, 0.6) is 0 Å². The van der Waals surface area contributed by atoms with Gasteiger partial charge in [0.1, 0.15) is 146 Å². The van der Waals surface area contributed by atoms with Gasteiger partial charge in [-0.2, -0.15) is 0 Å². The molecule has 31 heteroatoms. The van der Waals surface area contributed by atoms with Crippen LogP contribution in [0.1, 0.15) is 0 Å². The second-order valence-corrected chi connectivity index (χ2v) is 16.8. The molecule has 0 aromatic carbocycles. The van der Waals surface area contributed by atoms with Gasteiger partial charge in [0.25, 0.3) is 0 Å². The fourth-order valence-corrected chi connectivity index (χ4v) is 8.39. The lowest BCUT2D eigenvalue weighted by molar-refractivity contribution is -0.395. The Morgan fingerprint density at radius 1 is 0.254 bits per heavy atom. The first-order valence-corrected chi connectivity index (χ1v) is 21.1. The van der Waals surface area contributed by atoms with Gasteiger partial charge in [-0.05, 0) is 0 Å². The topological polar surface area (TPSA) is 506 Å². The van der Waals surface area contributed by atoms with Crippen molar-refractivity contribution in [2.24, 2.45) is 0 Å². The van der Waals surface area contributed by atoms with Gasteiger partial charge in [-0.1, -0.05) is 0 Å². The van der Waals surface area contributed by atoms with E-state index >= 15 is 0 Å². The molecule has 0 aromatic rings. The molecular formula is C36H62O31. The van der Waals surface area contributed by atoms with Crippen molar-refractivity contribution in [1.29, 1.82) is 0 Å². The molecule has 0 aliphatic carbocycles. The molecule has 0 radical (unpaired) electrons. The van der Waals surface area contributed by atoms with Gasteiger partial charge < -0.3 is 154 Å². The first-order chi connectivity index (χ1) is 31.7. The zero-order valence-corrected chi connectivity index (χ0v) is 35.0. The van der Waals surface area contributed by atoms with Crippen molar-refractivity contribution < 1.29 is 154 Å². The molecule has 6 aliphatic rings. The smallest absolute Gasteiger partial charge is 0.187 e. The molecule has 0 aromatic heterocycles. The normalized spacial score (nSPS) is 53.4. The third kappa shape index (κ3) is 11.4. The standard InChI is InChI=1S/C36H62O31/c37-1-7-13(42)19(48)21(50)32(59-7)57-6-12-14(43)20(49)22(51)33(63-12)65-28-16(45)9(3-39)61-35(24(28)53)67-30-18(47)11(5-41)62-36(26(30)55)66-29-17(46)10(4-40)60-34(25(29)54)64-27-15(44)8(2-38)58-31(56)23(27)52/h7-56H,1-6H2/t7-,8-,9-,10-,11-,12-,13-,14-,15-,16-,17-,18-,19+,20+,21-,22-,23-,24-,25-,26-,27+,28+,29+,30+,31-,32-,33+,34+,35+,36+/m1/s1. The predicted molar refractivity (Wildman–Crippen MR) is 199 cm³/mol. The minimum atomic E-state index is -2.24. The summed E-state index contributed by atoms with van der Waals surface area (Å²) in [5, 5.41) is 211. The first kappa shape index (κ1) is 55.1. The Kier molecular flexibility index (Phi) is 19.4. The Bertz CT molecular complexity index is 1510. The molecule has 31 nitrogen and oxygen atoms in total. The SMILES string of the molecule is OC[C@H]1O[C@@H](OC[C@H]2O[C@@H](O[C@@H]3[C@@H](O)[C@H](O[C@@H]4[C@@H](O)[C@H](O[C@@H]5[C@@H](O)[C@H](O[C@@H]6[C@@H](O)[C@H](O)O[C@H](CO)[C@H]6O)O[C@H](CO)[C@H]5O)O[C@H](CO)[C@H]4O)O[C@H](CO)[C@H]3O)[C@H](O)[C@@H](O)[C@@H]2O)[C@H](O)[C@@H](O)[C@@H]1O. The number of rotatable bonds is 16. The summed E-state index contributed by atoms with van der Waals surface area (Å²) >= 11 is 0. The van der Waals surface area contributed by atoms with Crippen molar-refractivity contribution in [3.63, 3.8) is 0 Å². The van der Waals surface area contributed by atoms with Crippen LogP contribution in [0.15, 0.2) is 0 Å². The summed E-state index contributed by atoms with van der Waals surface area (Å²) in [6, 6.07) is 0. The number of hydrogen-bond acceptors (Lipinski definition) is 31. The number of aliphatic hydroxyl groups is 20. The van der Waals surface area contributed by atoms with E-state index in [1.165, 1.54) is 0 Å². The molecule has 0 saturated carbocycles. The highest BCUT2D eigenvalue weighted by atomic mass is 16.8. The van der Waals surface area contributed by atoms with Crippen LogP contribution in [0.25, 0.3) is 0 Å². The molecule has 6 aliphatic heterocycles. The molecule has 0 spiro atoms. The fourth-order valence-electron chi connectivity index (χ4n) is 8.39. The molecule has 0 unspecified atom stereocenters. The van der Waals surface area contributed by atoms with Crippen LogP contribution in [-0.2, 0) is 52.1 Å². The highest BCUT2D eigenvalue weighted by Crippen LogP contribution is 2.36. The van der Waals surface area contributed by atoms with E-state index in [9.17, 15) is 102 Å². The molecule has 6 rings (SSSR count). The molecule has 392 valence electrons. The van der Waals surface area contributed by atoms with E-state index in [-0.39, 0.29) is 0 Å². The molecular weight excluding hydrogens is 928 g/mol. The Balaban J connectivity index is 1.16. The maximum Gasteiger partial charge on any atom is 0.187 e. The Hall–Kier alpha value is -1.24. The van der Waals surface area contributed by atoms with Gasteiger partial charge in [-0.25, -0.2) is 0 Å². The minimum absolute atomic E-state index is 0.792. The number of ether oxygens (including phenoxy) is 11. The van der Waals surface area contributed by atoms with E-state index in [4.69, 9.17) is 52.1 Å². The Labute approximate surface area is 378 Å². The largest absolute Gasteiger partial charge is 0.394 e. The fraction of sp³-hybridized carbons (Fsp3) is 1.00. The average molecular weight is 991 g/mol. The average Bonchev–Trinajstić information content (AvgIpc) is 3.31. The van der Waals surface area contributed by atoms with E-state index < -0.39 is 224 Å². The summed E-state index contributed by atoms with van der Waals surface area (Å²) in [5.74, 6) is 0. The van der Waals surface area contributed by atoms with Crippen LogP contribution in [0, 0.1) is 0 Å². The quantitative estimate of drug-likeness (QED) is 0.0683. The molecule has 0 amide bonds. The van der Waals surface area contributed by atoms with Crippen molar-refractivity contribution in [2.75, 3.05) is 39.6 Å². The first-order valence-electron chi connectivity index (χ1n) is 21.1. The van der Waals surface area contributed by atoms with Crippen molar-refractivity contribution >= 4 is 0 Å². The molecule has 6 fully saturated rings. The van der Waals surface area contributed by atoms with Gasteiger partial charge in [0, 0.05) is 0 Å². The van der Waals surface area contributed by atoms with Gasteiger partial charge in [0.05, 0.1) is 39.6 Å². The second kappa shape index (κ2) is 23.5. The van der Waals surface area contributed by atoms with Crippen LogP contribution in [0.3, 0.4) is 0 Å². The number of hydrogen-bond donors (Lipinski definition) is 20. The minimum Gasteiger partial charge on any atom is -0.394 e. The zero-order chi connectivity index (χ0) is 49.3. The highest BCUT2D eigenvalue weighted by Gasteiger charge is 2.57. The monoisotopic (exact) mass is 990 g/mol. The van der Waals surface area contributed by atoms with Crippen LogP contribution in [0.4, 0.5) is 0 Å². The van der Waals surface area contributed by atoms with Crippen LogP contribution < -0.4 is 0 Å². The third-order valence-electron chi connectivity index (χ3n) is 12.4. The van der Waals surface area contributed by atoms with E-state index in [1.807, 2.05) is 0 Å². The summed E-state index contributed by atoms with van der Waals surface area (Å²) in [5.41, 5.74) is 0. The molecule has 30 atom stereocenters. The van der Waals surface area contributed by atoms with Crippen molar-refractivity contribution in [2.45, 2.75) is 184 Å². The van der Waals surface area contributed by atoms with Gasteiger partial charge in [0.15, 0.2) is 37.7 Å². The molecule has 6 heterocycles. The predicted octanol–water partition coefficient (Wildman–Crippen LogP) is -14.1. The second-order valence-electron chi connectivity index (χ2n) is 16.8. The lowest BCUT2D eigenvalue weighted by Crippen LogP contribution is -2.68. The van der Waals surface area contributed by atoms with E-state index in [0.717, 1.165) is 0 Å². The lowest BCUT2D eigenvalue weighted by atomic mass is 9.95. The van der Waals surface area contributed by atoms with Gasteiger partial charge in [-0.15, -0.1) is 0 Å². The van der Waals surface area contributed by atoms with Gasteiger partial charge >= 0.3 is 0 Å². The van der Waals surface area contributed by atoms with Gasteiger partial charge in [-0.3, -0.25) is 0 Å². The summed E-state index contributed by atoms with van der Waals surface area (Å²) < 4.78 is 60.2. The summed E-state index contributed by atoms with van der Waals surface area (Å²) in [6.45, 7) is -5.50. The lowest BCUT2D eigenvalue weighted by Gasteiger charge is -2.49. The van der Waals surface area contributed by atoms with Crippen LogP contribution >= 0.6 is 0 Å². The van der Waals surface area contributed by atoms with Crippen LogP contribution in [-0.4, -0.2) is 326 Å².